The van der Waals surface area contributed by atoms with Crippen molar-refractivity contribution in [2.45, 2.75) is 136 Å². The van der Waals surface area contributed by atoms with Crippen LogP contribution in [0.15, 0.2) is 0 Å². The minimum atomic E-state index is -4.07. The van der Waals surface area contributed by atoms with E-state index in [1.807, 2.05) is 32.9 Å². The minimum absolute atomic E-state index is 0.0974. The fourth-order valence-corrected chi connectivity index (χ4v) is 5.95. The Bertz CT molecular complexity index is 547. The van der Waals surface area contributed by atoms with Gasteiger partial charge in [0.1, 0.15) is 13.2 Å². The third-order valence-electron chi connectivity index (χ3n) is 6.74. The van der Waals surface area contributed by atoms with Crippen molar-refractivity contribution in [3.05, 3.63) is 0 Å². The fraction of sp³-hybridized carbons (Fsp3) is 1.00. The van der Waals surface area contributed by atoms with Crippen LogP contribution in [0.5, 0.6) is 0 Å². The van der Waals surface area contributed by atoms with E-state index in [0.29, 0.717) is 17.6 Å². The zero-order valence-electron chi connectivity index (χ0n) is 25.9. The lowest BCUT2D eigenvalue weighted by molar-refractivity contribution is -0.870. The molecule has 0 aliphatic heterocycles. The zero-order chi connectivity index (χ0) is 28.4. The van der Waals surface area contributed by atoms with Crippen LogP contribution in [0.25, 0.3) is 0 Å². The third kappa shape index (κ3) is 29.4. The van der Waals surface area contributed by atoms with Gasteiger partial charge in [0.05, 0.1) is 33.9 Å². The lowest BCUT2D eigenvalue weighted by Gasteiger charge is -2.24. The van der Waals surface area contributed by atoms with Gasteiger partial charge in [0.25, 0.3) is 0 Å². The van der Waals surface area contributed by atoms with E-state index in [1.54, 1.807) is 0 Å². The Balaban J connectivity index is 4.18. The molecule has 6 nitrogen and oxygen atoms in total. The van der Waals surface area contributed by atoms with Crippen LogP contribution < -0.4 is 0 Å². The first-order valence-electron chi connectivity index (χ1n) is 15.8. The van der Waals surface area contributed by atoms with Gasteiger partial charge in [-0.15, -0.1) is 0 Å². The van der Waals surface area contributed by atoms with Crippen molar-refractivity contribution >= 4 is 19.6 Å². The maximum absolute atomic E-state index is 12.3. The van der Waals surface area contributed by atoms with Gasteiger partial charge in [-0.25, -0.2) is 4.57 Å². The van der Waals surface area contributed by atoms with Crippen molar-refractivity contribution in [3.8, 4) is 0 Å². The van der Waals surface area contributed by atoms with Crippen LogP contribution in [0.1, 0.15) is 129 Å². The lowest BCUT2D eigenvalue weighted by Crippen LogP contribution is -2.37. The second kappa shape index (κ2) is 26.3. The first kappa shape index (κ1) is 38.4. The Morgan fingerprint density at radius 1 is 0.684 bits per heavy atom. The highest BCUT2D eigenvalue weighted by Crippen LogP contribution is 2.43. The zero-order valence-corrected chi connectivity index (χ0v) is 27.6. The van der Waals surface area contributed by atoms with Gasteiger partial charge in [-0.2, -0.15) is 11.8 Å². The second-order valence-electron chi connectivity index (χ2n) is 11.8. The largest absolute Gasteiger partial charge is 0.472 e. The predicted molar refractivity (Wildman–Crippen MR) is 166 cm³/mol. The third-order valence-corrected chi connectivity index (χ3v) is 8.91. The van der Waals surface area contributed by atoms with Crippen LogP contribution in [0.2, 0.25) is 0 Å². The summed E-state index contributed by atoms with van der Waals surface area (Å²) < 4.78 is 29.6. The highest BCUT2D eigenvalue weighted by atomic mass is 32.2. The molecule has 0 spiro atoms. The van der Waals surface area contributed by atoms with Gasteiger partial charge in [0.2, 0.25) is 0 Å². The molecule has 0 aromatic rings. The summed E-state index contributed by atoms with van der Waals surface area (Å²) in [5, 5.41) is 0. The van der Waals surface area contributed by atoms with E-state index < -0.39 is 7.82 Å². The summed E-state index contributed by atoms with van der Waals surface area (Å²) in [5.41, 5.74) is 0. The van der Waals surface area contributed by atoms with E-state index in [1.165, 1.54) is 109 Å². The summed E-state index contributed by atoms with van der Waals surface area (Å²) in [5.74, 6) is 1.89. The van der Waals surface area contributed by atoms with Gasteiger partial charge in [-0.1, -0.05) is 117 Å². The Morgan fingerprint density at radius 2 is 1.16 bits per heavy atom. The van der Waals surface area contributed by atoms with Crippen molar-refractivity contribution in [3.63, 3.8) is 0 Å². The van der Waals surface area contributed by atoms with Crippen molar-refractivity contribution in [2.24, 2.45) is 0 Å². The molecule has 0 saturated heterocycles. The van der Waals surface area contributed by atoms with Gasteiger partial charge in [-0.3, -0.25) is 9.05 Å². The first-order valence-corrected chi connectivity index (χ1v) is 18.5. The molecule has 2 unspecified atom stereocenters. The summed E-state index contributed by atoms with van der Waals surface area (Å²) in [6.45, 7) is 6.13. The molecule has 0 rings (SSSR count). The number of hydrogen-bond acceptors (Lipinski definition) is 5. The monoisotopic (exact) mass is 582 g/mol. The second-order valence-corrected chi connectivity index (χ2v) is 14.4. The molecule has 0 bridgehead atoms. The summed E-state index contributed by atoms with van der Waals surface area (Å²) >= 11 is 1.87. The molecule has 2 atom stereocenters. The van der Waals surface area contributed by atoms with E-state index in [-0.39, 0.29) is 19.3 Å². The van der Waals surface area contributed by atoms with E-state index in [0.717, 1.165) is 17.9 Å². The number of quaternary nitrogens is 1. The predicted octanol–water partition coefficient (Wildman–Crippen LogP) is 9.01. The van der Waals surface area contributed by atoms with Gasteiger partial charge in [-0.05, 0) is 18.6 Å². The number of rotatable bonds is 30. The molecule has 230 valence electrons. The Labute approximate surface area is 241 Å². The first-order chi connectivity index (χ1) is 18.2. The van der Waals surface area contributed by atoms with Gasteiger partial charge in [0, 0.05) is 12.4 Å². The number of likely N-dealkylation sites (N-methyl/N-ethyl adjacent to an activating group) is 1. The Morgan fingerprint density at radius 3 is 1.66 bits per heavy atom. The van der Waals surface area contributed by atoms with E-state index in [2.05, 4.69) is 13.8 Å². The molecule has 0 aliphatic carbocycles. The number of unbranched alkanes of at least 4 members (excludes halogenated alkanes) is 16. The van der Waals surface area contributed by atoms with Crippen LogP contribution in [0.3, 0.4) is 0 Å². The Hall–Kier alpha value is 0.380. The lowest BCUT2D eigenvalue weighted by atomic mass is 10.1. The minimum Gasteiger partial charge on any atom is -0.375 e. The van der Waals surface area contributed by atoms with Gasteiger partial charge >= 0.3 is 7.82 Å². The molecule has 1 N–H and O–H groups in total. The molecule has 0 heterocycles. The van der Waals surface area contributed by atoms with Crippen molar-refractivity contribution in [1.29, 1.82) is 0 Å². The molecule has 0 radical (unpaired) electrons. The van der Waals surface area contributed by atoms with Crippen LogP contribution in [0, 0.1) is 0 Å². The number of thioether (sulfide) groups is 1. The maximum Gasteiger partial charge on any atom is 0.472 e. The van der Waals surface area contributed by atoms with E-state index in [9.17, 15) is 9.46 Å². The number of phosphoric acid groups is 1. The number of nitrogens with zero attached hydrogens (tertiary/aromatic N) is 1. The average Bonchev–Trinajstić information content (AvgIpc) is 2.85. The quantitative estimate of drug-likeness (QED) is 0.0518. The number of hydrogen-bond donors (Lipinski definition) is 1. The van der Waals surface area contributed by atoms with Crippen LogP contribution in [-0.2, 0) is 18.3 Å². The molecule has 0 saturated carbocycles. The van der Waals surface area contributed by atoms with Crippen molar-refractivity contribution in [1.82, 2.24) is 0 Å². The van der Waals surface area contributed by atoms with Gasteiger partial charge in [0.15, 0.2) is 0 Å². The molecule has 0 aromatic heterocycles. The molecule has 0 fully saturated rings. The van der Waals surface area contributed by atoms with E-state index in [4.69, 9.17) is 13.8 Å². The highest BCUT2D eigenvalue weighted by molar-refractivity contribution is 7.99. The van der Waals surface area contributed by atoms with Crippen LogP contribution in [0.4, 0.5) is 0 Å². The summed E-state index contributed by atoms with van der Waals surface area (Å²) in [4.78, 5) is 10.1. The van der Waals surface area contributed by atoms with Crippen LogP contribution >= 0.6 is 19.6 Å². The van der Waals surface area contributed by atoms with E-state index >= 15 is 0 Å². The topological polar surface area (TPSA) is 65.0 Å². The van der Waals surface area contributed by atoms with Crippen molar-refractivity contribution in [2.75, 3.05) is 59.0 Å². The molecule has 8 heteroatoms. The summed E-state index contributed by atoms with van der Waals surface area (Å²) in [6, 6.07) is 0. The maximum atomic E-state index is 12.3. The fourth-order valence-electron chi connectivity index (χ4n) is 4.18. The summed E-state index contributed by atoms with van der Waals surface area (Å²) in [7, 11) is 2.00. The van der Waals surface area contributed by atoms with Gasteiger partial charge < -0.3 is 14.1 Å². The standard InChI is InChI=1S/C30H64NO5PS/c1-6-8-10-12-14-16-17-19-21-23-27-38-29-30(34-25-22-20-18-15-13-11-9-7-2)28-36-37(32,33)35-26-24-31(3,4)5/h30H,6-29H2,1-5H3/p+1. The molecule has 38 heavy (non-hydrogen) atoms. The average molecular weight is 583 g/mol. The van der Waals surface area contributed by atoms with Crippen molar-refractivity contribution < 1.29 is 27.7 Å². The molecule has 0 aliphatic rings. The molecular weight excluding hydrogens is 517 g/mol. The summed E-state index contributed by atoms with van der Waals surface area (Å²) in [6.07, 6.45) is 23.3. The normalized spacial score (nSPS) is 14.6. The smallest absolute Gasteiger partial charge is 0.375 e. The molecule has 0 amide bonds. The Kier molecular flexibility index (Phi) is 26.6. The molecular formula is C30H65NO5PS+. The highest BCUT2D eigenvalue weighted by Gasteiger charge is 2.25. The molecule has 0 aromatic carbocycles. The number of phosphoric ester groups is 1. The SMILES string of the molecule is CCCCCCCCCCCCSCC(COP(=O)(O)OCC[N+](C)(C)C)OCCCCCCCCCC. The van der Waals surface area contributed by atoms with Crippen LogP contribution in [-0.4, -0.2) is 74.5 Å². The number of ether oxygens (including phenoxy) is 1.